The van der Waals surface area contributed by atoms with E-state index < -0.39 is 29.5 Å². The number of furan rings is 1. The van der Waals surface area contributed by atoms with Crippen LogP contribution in [0.2, 0.25) is 0 Å². The Morgan fingerprint density at radius 2 is 1.79 bits per heavy atom. The second-order valence-electron chi connectivity index (χ2n) is 10.6. The van der Waals surface area contributed by atoms with Crippen molar-refractivity contribution >= 4 is 51.5 Å². The first-order valence-electron chi connectivity index (χ1n) is 14.2. The second kappa shape index (κ2) is 13.3. The van der Waals surface area contributed by atoms with Gasteiger partial charge in [0, 0.05) is 53.3 Å². The van der Waals surface area contributed by atoms with Crippen LogP contribution in [0.4, 0.5) is 0 Å². The lowest BCUT2D eigenvalue weighted by atomic mass is 9.94. The molecule has 5 rings (SSSR count). The molecule has 9 nitrogen and oxygen atoms in total. The highest BCUT2D eigenvalue weighted by atomic mass is 32.2. The van der Waals surface area contributed by atoms with Crippen molar-refractivity contribution in [2.24, 2.45) is 0 Å². The Morgan fingerprint density at radius 1 is 1.02 bits per heavy atom. The molecule has 0 aliphatic heterocycles. The molecule has 1 atom stereocenters. The van der Waals surface area contributed by atoms with Gasteiger partial charge in [0.05, 0.1) is 12.0 Å². The van der Waals surface area contributed by atoms with E-state index in [4.69, 9.17) is 13.9 Å². The molecule has 1 aliphatic rings. The smallest absolute Gasteiger partial charge is 0.340 e. The van der Waals surface area contributed by atoms with Crippen LogP contribution < -0.4 is 16.3 Å². The first-order valence-corrected chi connectivity index (χ1v) is 15.4. The van der Waals surface area contributed by atoms with Crippen molar-refractivity contribution in [1.82, 2.24) is 10.6 Å². The largest absolute Gasteiger partial charge is 0.481 e. The molecule has 0 saturated carbocycles. The number of hydrogen-bond acceptors (Lipinski definition) is 7. The summed E-state index contributed by atoms with van der Waals surface area (Å²) in [5, 5.41) is 16.1. The highest BCUT2D eigenvalue weighted by Crippen LogP contribution is 2.35. The topological polar surface area (TPSA) is 139 Å². The van der Waals surface area contributed by atoms with Crippen molar-refractivity contribution in [3.05, 3.63) is 80.9 Å². The molecule has 42 heavy (non-hydrogen) atoms. The van der Waals surface area contributed by atoms with Gasteiger partial charge >= 0.3 is 11.6 Å². The number of aryl methyl sites for hydroxylation is 3. The molecule has 4 aromatic rings. The molecule has 0 radical (unpaired) electrons. The highest BCUT2D eigenvalue weighted by Gasteiger charge is 2.24. The number of amides is 2. The van der Waals surface area contributed by atoms with E-state index in [9.17, 15) is 19.2 Å². The molecule has 1 aliphatic carbocycles. The Labute approximate surface area is 247 Å². The summed E-state index contributed by atoms with van der Waals surface area (Å²) in [7, 11) is 0. The van der Waals surface area contributed by atoms with Crippen LogP contribution in [0.1, 0.15) is 53.7 Å². The summed E-state index contributed by atoms with van der Waals surface area (Å²) in [6, 6.07) is 12.7. The third kappa shape index (κ3) is 6.87. The maximum Gasteiger partial charge on any atom is 0.340 e. The van der Waals surface area contributed by atoms with E-state index in [0.717, 1.165) is 47.8 Å². The minimum absolute atomic E-state index is 0.0645. The fourth-order valence-corrected chi connectivity index (χ4v) is 6.40. The number of carboxylic acids is 1. The van der Waals surface area contributed by atoms with Crippen LogP contribution in [0.15, 0.2) is 56.1 Å². The minimum atomic E-state index is -0.939. The van der Waals surface area contributed by atoms with Gasteiger partial charge in [-0.05, 0) is 49.8 Å². The Kier molecular flexibility index (Phi) is 9.31. The first kappa shape index (κ1) is 29.4. The Bertz CT molecular complexity index is 1680. The zero-order valence-corrected chi connectivity index (χ0v) is 24.3. The van der Waals surface area contributed by atoms with Gasteiger partial charge in [-0.2, -0.15) is 11.8 Å². The summed E-state index contributed by atoms with van der Waals surface area (Å²) in [4.78, 5) is 50.0. The quantitative estimate of drug-likeness (QED) is 0.160. The molecule has 0 spiro atoms. The molecule has 0 fully saturated rings. The van der Waals surface area contributed by atoms with Crippen molar-refractivity contribution in [1.29, 1.82) is 0 Å². The zero-order chi connectivity index (χ0) is 29.6. The van der Waals surface area contributed by atoms with Crippen molar-refractivity contribution in [2.75, 3.05) is 12.3 Å². The van der Waals surface area contributed by atoms with Crippen LogP contribution >= 0.6 is 11.8 Å². The number of aliphatic carboxylic acids is 1. The molecule has 2 aromatic heterocycles. The van der Waals surface area contributed by atoms with E-state index in [1.54, 1.807) is 6.07 Å². The summed E-state index contributed by atoms with van der Waals surface area (Å²) >= 11 is 1.50. The third-order valence-corrected chi connectivity index (χ3v) is 8.72. The molecule has 0 unspecified atom stereocenters. The van der Waals surface area contributed by atoms with Crippen molar-refractivity contribution in [3.8, 4) is 0 Å². The molecule has 2 amide bonds. The Morgan fingerprint density at radius 3 is 2.57 bits per heavy atom. The Hall–Kier alpha value is -4.05. The third-order valence-electron chi connectivity index (χ3n) is 7.61. The summed E-state index contributed by atoms with van der Waals surface area (Å²) in [5.41, 5.74) is 3.72. The number of rotatable bonds is 12. The van der Waals surface area contributed by atoms with Crippen LogP contribution in [0.5, 0.6) is 0 Å². The minimum Gasteiger partial charge on any atom is -0.481 e. The molecule has 0 bridgehead atoms. The molecule has 10 heteroatoms. The first-order chi connectivity index (χ1) is 20.3. The van der Waals surface area contributed by atoms with Gasteiger partial charge in [0.2, 0.25) is 11.8 Å². The Balaban J connectivity index is 1.32. The lowest BCUT2D eigenvalue weighted by molar-refractivity contribution is -0.137. The number of carbonyl (C=O) groups is 3. The van der Waals surface area contributed by atoms with Gasteiger partial charge in [-0.1, -0.05) is 30.3 Å². The van der Waals surface area contributed by atoms with Crippen LogP contribution in [0.25, 0.3) is 21.9 Å². The van der Waals surface area contributed by atoms with E-state index in [-0.39, 0.29) is 31.4 Å². The number of hydrogen-bond donors (Lipinski definition) is 3. The van der Waals surface area contributed by atoms with E-state index in [2.05, 4.69) is 10.6 Å². The maximum absolute atomic E-state index is 13.2. The number of carboxylic acid groups (broad SMARTS) is 1. The summed E-state index contributed by atoms with van der Waals surface area (Å²) in [6.07, 6.45) is 4.01. The SMILES string of the molecule is Cc1c(CC(=O)N[C@@H](CSCc2ccccc2)C(=O)NCCCC(=O)O)c(=O)oc2cc3oc4c(c3cc12)CCCC4. The van der Waals surface area contributed by atoms with E-state index in [1.165, 1.54) is 17.3 Å². The second-order valence-corrected chi connectivity index (χ2v) is 11.7. The molecule has 220 valence electrons. The average Bonchev–Trinajstić information content (AvgIpc) is 3.34. The van der Waals surface area contributed by atoms with E-state index in [1.807, 2.05) is 43.3 Å². The van der Waals surface area contributed by atoms with Crippen LogP contribution in [-0.2, 0) is 39.4 Å². The summed E-state index contributed by atoms with van der Waals surface area (Å²) in [6.45, 7) is 1.99. The number of nitrogens with one attached hydrogen (secondary N) is 2. The molecule has 2 heterocycles. The van der Waals surface area contributed by atoms with Crippen LogP contribution in [0.3, 0.4) is 0 Å². The molecule has 0 saturated heterocycles. The maximum atomic E-state index is 13.2. The predicted molar refractivity (Wildman–Crippen MR) is 162 cm³/mol. The van der Waals surface area contributed by atoms with E-state index in [0.29, 0.717) is 28.2 Å². The lowest BCUT2D eigenvalue weighted by Gasteiger charge is -2.19. The van der Waals surface area contributed by atoms with Crippen molar-refractivity contribution < 1.29 is 28.3 Å². The zero-order valence-electron chi connectivity index (χ0n) is 23.5. The predicted octanol–water partition coefficient (Wildman–Crippen LogP) is 4.67. The number of thioether (sulfide) groups is 1. The van der Waals surface area contributed by atoms with Crippen molar-refractivity contribution in [3.63, 3.8) is 0 Å². The van der Waals surface area contributed by atoms with Gasteiger partial charge < -0.3 is 24.6 Å². The monoisotopic (exact) mass is 590 g/mol. The fraction of sp³-hybridized carbons (Fsp3) is 0.375. The molecule has 2 aromatic carbocycles. The van der Waals surface area contributed by atoms with Crippen LogP contribution in [-0.4, -0.2) is 41.2 Å². The van der Waals surface area contributed by atoms with E-state index >= 15 is 0 Å². The highest BCUT2D eigenvalue weighted by molar-refractivity contribution is 7.98. The average molecular weight is 591 g/mol. The fourth-order valence-electron chi connectivity index (χ4n) is 5.38. The summed E-state index contributed by atoms with van der Waals surface area (Å²) < 4.78 is 11.7. The number of benzene rings is 2. The summed E-state index contributed by atoms with van der Waals surface area (Å²) in [5.74, 6) is 0.134. The van der Waals surface area contributed by atoms with Gasteiger partial charge in [0.25, 0.3) is 0 Å². The van der Waals surface area contributed by atoms with Gasteiger partial charge in [-0.3, -0.25) is 14.4 Å². The van der Waals surface area contributed by atoms with Crippen molar-refractivity contribution in [2.45, 2.75) is 63.7 Å². The van der Waals surface area contributed by atoms with Gasteiger partial charge in [-0.15, -0.1) is 0 Å². The van der Waals surface area contributed by atoms with Gasteiger partial charge in [0.1, 0.15) is 23.0 Å². The van der Waals surface area contributed by atoms with Crippen LogP contribution in [0, 0.1) is 6.92 Å². The van der Waals surface area contributed by atoms with Gasteiger partial charge in [-0.25, -0.2) is 4.79 Å². The molecular weight excluding hydrogens is 556 g/mol. The normalized spacial score (nSPS) is 13.5. The lowest BCUT2D eigenvalue weighted by Crippen LogP contribution is -2.49. The molecular formula is C32H34N2O7S. The number of fused-ring (bicyclic) bond motifs is 4. The standard InChI is InChI=1S/C32H34N2O7S/c1-19-22-14-24-21-10-5-6-11-26(21)40-28(24)16-27(22)41-32(39)23(19)15-29(35)34-25(31(38)33-13-7-12-30(36)37)18-42-17-20-8-3-2-4-9-20/h2-4,8-9,14,16,25H,5-7,10-13,15,17-18H2,1H3,(H,33,38)(H,34,35)(H,36,37)/t25-/m0/s1. The van der Waals surface area contributed by atoms with Gasteiger partial charge in [0.15, 0.2) is 0 Å². The number of carbonyl (C=O) groups excluding carboxylic acids is 2. The molecule has 3 N–H and O–H groups in total.